The van der Waals surface area contributed by atoms with Crippen molar-refractivity contribution in [2.45, 2.75) is 236 Å². The molecule has 32 nitrogen and oxygen atoms in total. The lowest BCUT2D eigenvalue weighted by Crippen LogP contribution is -2.88. The molecule has 6 bridgehead atoms. The predicted octanol–water partition coefficient (Wildman–Crippen LogP) is 9.40. The minimum absolute atomic E-state index is 0.250. The number of rotatable bonds is 52. The van der Waals surface area contributed by atoms with Crippen LogP contribution in [-0.2, 0) is 131 Å². The molecule has 589 valence electrons. The fraction of sp³-hybridized carbons (Fsp3) is 1.00. The lowest BCUT2D eigenvalue weighted by atomic mass is 10.9. The zero-order chi connectivity index (χ0) is 75.4. The fourth-order valence-electron chi connectivity index (χ4n) is 10.8. The van der Waals surface area contributed by atoms with Crippen molar-refractivity contribution in [2.75, 3.05) is 79.3 Å². The summed E-state index contributed by atoms with van der Waals surface area (Å²) in [6.07, 6.45) is 0. The monoisotopic (exact) mass is 1770 g/mol. The second-order valence-corrected chi connectivity index (χ2v) is 83.6. The summed E-state index contributed by atoms with van der Waals surface area (Å²) in [7, 11) is -78.9. The first-order valence-corrected chi connectivity index (χ1v) is 77.7. The van der Waals surface area contributed by atoms with Crippen LogP contribution in [0.25, 0.3) is 0 Å². The van der Waals surface area contributed by atoms with Crippen LogP contribution < -0.4 is 0 Å². The second kappa shape index (κ2) is 41.2. The Morgan fingerprint density at radius 2 is 0.480 bits per heavy atom. The van der Waals surface area contributed by atoms with Gasteiger partial charge in [0.15, 0.2) is 69.4 Å². The zero-order valence-electron chi connectivity index (χ0n) is 65.2. The molecule has 0 aromatic rings. The maximum Gasteiger partial charge on any atom is 0.654 e. The fourth-order valence-corrected chi connectivity index (χ4v) is 88.7. The molecule has 5 radical (unpaired) electrons. The average Bonchev–Trinajstić information content (AvgIpc) is 0.696. The molecular weight excluding hydrogens is 1650 g/mol. The van der Waals surface area contributed by atoms with Crippen LogP contribution in [-0.4, -0.2) is 262 Å². The number of fused-ring (bicyclic) bond motifs is 4. The van der Waals surface area contributed by atoms with E-state index in [4.69, 9.17) is 131 Å². The summed E-state index contributed by atoms with van der Waals surface area (Å²) in [5.41, 5.74) is 0. The van der Waals surface area contributed by atoms with Crippen LogP contribution in [0.4, 0.5) is 0 Å². The third-order valence-electron chi connectivity index (χ3n) is 14.1. The van der Waals surface area contributed by atoms with Crippen LogP contribution in [0.5, 0.6) is 0 Å². The first-order valence-electron chi connectivity index (χ1n) is 35.2. The van der Waals surface area contributed by atoms with Crippen molar-refractivity contribution in [3.8, 4) is 0 Å². The van der Waals surface area contributed by atoms with E-state index in [-0.39, 0.29) is 48.4 Å². The highest BCUT2D eigenvalue weighted by Gasteiger charge is 2.88. The first kappa shape index (κ1) is 95.4. The molecule has 0 aromatic carbocycles. The van der Waals surface area contributed by atoms with Gasteiger partial charge in [0.25, 0.3) is 0 Å². The Balaban J connectivity index is 2.45. The third kappa shape index (κ3) is 29.2. The van der Waals surface area contributed by atoms with E-state index in [9.17, 15) is 4.80 Å². The normalized spacial score (nSPS) is 27.2. The highest BCUT2D eigenvalue weighted by molar-refractivity contribution is 7.01. The predicted molar refractivity (Wildman–Crippen MR) is 410 cm³/mol. The van der Waals surface area contributed by atoms with Gasteiger partial charge in [-0.3, -0.25) is 0 Å². The van der Waals surface area contributed by atoms with Gasteiger partial charge in [-0.15, -0.1) is 0 Å². The highest BCUT2D eigenvalue weighted by Crippen LogP contribution is 2.50. The van der Waals surface area contributed by atoms with E-state index >= 15 is 0 Å². The van der Waals surface area contributed by atoms with Crippen molar-refractivity contribution in [1.29, 1.82) is 0 Å². The third-order valence-corrected chi connectivity index (χ3v) is 78.5. The Morgan fingerprint density at radius 1 is 0.270 bits per heavy atom. The Kier molecular flexibility index (Phi) is 39.3. The summed E-state index contributed by atoms with van der Waals surface area (Å²) in [4.78, 5) is 13.9. The van der Waals surface area contributed by atoms with Gasteiger partial charge in [-0.05, 0) is 212 Å². The maximum atomic E-state index is 13.9. The zero-order valence-corrected chi connectivity index (χ0v) is 85.2. The second-order valence-electron chi connectivity index (χ2n) is 26.3. The topological polar surface area (TPSA) is 306 Å². The highest BCUT2D eigenvalue weighted by atomic mass is 28.7. The van der Waals surface area contributed by atoms with Crippen molar-refractivity contribution in [1.82, 2.24) is 0 Å². The molecule has 0 aliphatic carbocycles. The van der Waals surface area contributed by atoms with E-state index < -0.39 is 178 Å². The van der Waals surface area contributed by atoms with Crippen LogP contribution in [0.3, 0.4) is 0 Å². The van der Waals surface area contributed by atoms with Gasteiger partial charge in [-0.2, -0.15) is 0 Å². The molecule has 7 atom stereocenters. The van der Waals surface area contributed by atoms with Crippen molar-refractivity contribution in [2.24, 2.45) is 0 Å². The van der Waals surface area contributed by atoms with Gasteiger partial charge in [-0.1, -0.05) is 0 Å². The van der Waals surface area contributed by atoms with E-state index in [1.807, 2.05) is 175 Å². The average molecular weight is 1780 g/mol. The summed E-state index contributed by atoms with van der Waals surface area (Å²) in [5, 5.41) is 0. The van der Waals surface area contributed by atoms with E-state index in [2.05, 4.69) is 0 Å². The SMILES string of the molecule is CCO[Si](CC[Si](C)(C)O[Si]12O[Si](O[Si](C)C)O[Si]3(O[Si](C)C)O[Si]4(O[Si](C)C)O[Si](O)(O[Si](C)C)O[Si](O[Si](C)(C)CC[Si](OCC)(OCC)OCC)(O1)O[Si](O[Si](C)(C)CC[Si](OCC)(OCC)OCC)(O4)O[Si](O[Si](C)(C)CC[Si](OCC)(OCC)OCC)(O3)O2)(OCC)OCC. The molecular formula is C48H125O32Si20. The van der Waals surface area contributed by atoms with Crippen LogP contribution in [0, 0.1) is 0 Å². The molecule has 4 saturated heterocycles. The lowest BCUT2D eigenvalue weighted by Gasteiger charge is -2.57. The molecule has 52 heteroatoms. The van der Waals surface area contributed by atoms with Crippen LogP contribution in [0.15, 0.2) is 0 Å². The van der Waals surface area contributed by atoms with Crippen molar-refractivity contribution in [3.05, 3.63) is 0 Å². The standard InChI is InChI=1S/C48H125O32Si20/c1-29-50-90(51-30-2,52-31-3)45-41-86(21,22)68-97-67-85(62-81(13)14)66-95(64-83(17)18)74-96(65-84(19)20)72-94(49,63-82(15)16)73-98(77-97,69-87(23,24)42-46-91(53-32-4,54-33-5)55-34-6)79-100(76-96,71-89(27,28)44-48-93(59-38-10,60-39-11)61-40-12)80-99(75-95,78-97)70-88(25,26)43-47-92(56-35-7,57-36-8)58-37-9/h49H,29-48H2,1-28H3. The summed E-state index contributed by atoms with van der Waals surface area (Å²) in [6, 6.07) is 2.20. The van der Waals surface area contributed by atoms with Crippen LogP contribution in [0.2, 0.25) is 153 Å². The summed E-state index contributed by atoms with van der Waals surface area (Å²) < 4.78 is 221. The number of hydrogen-bond donors (Lipinski definition) is 1. The molecule has 0 amide bonds. The van der Waals surface area contributed by atoms with Crippen LogP contribution in [0.1, 0.15) is 83.1 Å². The van der Waals surface area contributed by atoms with Gasteiger partial charge >= 0.3 is 108 Å². The molecule has 7 unspecified atom stereocenters. The first-order chi connectivity index (χ1) is 46.5. The van der Waals surface area contributed by atoms with Gasteiger partial charge in [-0.25, -0.2) is 0 Å². The quantitative estimate of drug-likeness (QED) is 0.0554. The molecule has 4 rings (SSSR count). The van der Waals surface area contributed by atoms with Crippen molar-refractivity contribution >= 4 is 178 Å². The Morgan fingerprint density at radius 3 is 0.750 bits per heavy atom. The van der Waals surface area contributed by atoms with Gasteiger partial charge in [0.05, 0.1) is 0 Å². The lowest BCUT2D eigenvalue weighted by molar-refractivity contribution is -0.100. The largest absolute Gasteiger partial charge is 0.654 e. The molecule has 0 aromatic heterocycles. The Labute approximate surface area is 624 Å². The smallest absolute Gasteiger partial charge is 0.414 e. The van der Waals surface area contributed by atoms with Gasteiger partial charge in [0, 0.05) is 103 Å². The minimum atomic E-state index is -5.79. The molecule has 4 aliphatic heterocycles. The molecule has 4 aliphatic rings. The molecule has 0 saturated carbocycles. The van der Waals surface area contributed by atoms with Gasteiger partial charge < -0.3 is 136 Å². The molecule has 4 fully saturated rings. The summed E-state index contributed by atoms with van der Waals surface area (Å²) in [6.45, 7) is 56.9. The van der Waals surface area contributed by atoms with Gasteiger partial charge in [0.1, 0.15) is 0 Å². The molecule has 100 heavy (non-hydrogen) atoms. The summed E-state index contributed by atoms with van der Waals surface area (Å²) >= 11 is 0. The van der Waals surface area contributed by atoms with Gasteiger partial charge in [0.2, 0.25) is 0 Å². The van der Waals surface area contributed by atoms with E-state index in [0.717, 1.165) is 0 Å². The maximum absolute atomic E-state index is 13.9. The van der Waals surface area contributed by atoms with Crippen LogP contribution >= 0.6 is 0 Å². The van der Waals surface area contributed by atoms with E-state index in [1.165, 1.54) is 0 Å². The van der Waals surface area contributed by atoms with Crippen molar-refractivity contribution < 1.29 is 136 Å². The van der Waals surface area contributed by atoms with E-state index in [0.29, 0.717) is 79.3 Å². The summed E-state index contributed by atoms with van der Waals surface area (Å²) in [5.74, 6) is 0. The molecule has 0 spiro atoms. The Hall–Kier alpha value is 3.06. The molecule has 4 heterocycles. The van der Waals surface area contributed by atoms with Crippen molar-refractivity contribution in [3.63, 3.8) is 0 Å². The Bertz CT molecular complexity index is 2270. The van der Waals surface area contributed by atoms with E-state index in [1.54, 1.807) is 13.1 Å². The number of hydrogen-bond acceptors (Lipinski definition) is 32. The molecule has 1 N–H and O–H groups in total. The minimum Gasteiger partial charge on any atom is -0.414 e.